The van der Waals surface area contributed by atoms with Crippen LogP contribution in [0.25, 0.3) is 0 Å². The molecule has 5 nitrogen and oxygen atoms in total. The van der Waals surface area contributed by atoms with E-state index in [1.807, 2.05) is 63.2 Å². The van der Waals surface area contributed by atoms with Crippen LogP contribution in [0.5, 0.6) is 11.5 Å². The summed E-state index contributed by atoms with van der Waals surface area (Å²) in [4.78, 5) is 12.2. The van der Waals surface area contributed by atoms with Gasteiger partial charge in [-0.15, -0.1) is 0 Å². The fraction of sp³-hybridized carbons (Fsp3) is 0.231. The van der Waals surface area contributed by atoms with Crippen molar-refractivity contribution >= 4 is 34.7 Å². The fourth-order valence-electron chi connectivity index (χ4n) is 3.17. The van der Waals surface area contributed by atoms with Crippen LogP contribution in [0.2, 0.25) is 0 Å². The van der Waals surface area contributed by atoms with Crippen molar-refractivity contribution in [3.05, 3.63) is 92.1 Å². The van der Waals surface area contributed by atoms with E-state index in [1.165, 1.54) is 9.13 Å². The Morgan fingerprint density at radius 1 is 1.00 bits per heavy atom. The minimum atomic E-state index is -0.157. The number of hydrogen-bond acceptors (Lipinski definition) is 4. The topological polar surface area (TPSA) is 59.9 Å². The zero-order chi connectivity index (χ0) is 22.9. The van der Waals surface area contributed by atoms with Crippen molar-refractivity contribution in [1.29, 1.82) is 0 Å². The Balaban J connectivity index is 1.60. The second kappa shape index (κ2) is 11.7. The van der Waals surface area contributed by atoms with E-state index in [-0.39, 0.29) is 5.91 Å². The van der Waals surface area contributed by atoms with Gasteiger partial charge in [-0.2, -0.15) is 5.10 Å². The molecule has 1 N–H and O–H groups in total. The van der Waals surface area contributed by atoms with E-state index in [0.717, 1.165) is 22.3 Å². The van der Waals surface area contributed by atoms with E-state index in [1.54, 1.807) is 6.21 Å². The summed E-state index contributed by atoms with van der Waals surface area (Å²) in [6.07, 6.45) is 1.89. The first-order chi connectivity index (χ1) is 15.4. The summed E-state index contributed by atoms with van der Waals surface area (Å²) in [6, 6.07) is 19.9. The number of nitrogens with zero attached hydrogens (tertiary/aromatic N) is 1. The second-order valence-electron chi connectivity index (χ2n) is 7.45. The van der Waals surface area contributed by atoms with Gasteiger partial charge in [-0.25, -0.2) is 5.43 Å². The highest BCUT2D eigenvalue weighted by Gasteiger charge is 2.08. The van der Waals surface area contributed by atoms with Crippen LogP contribution in [0.3, 0.4) is 0 Å². The third kappa shape index (κ3) is 7.09. The first-order valence-corrected chi connectivity index (χ1v) is 11.5. The summed E-state index contributed by atoms with van der Waals surface area (Å²) in [6.45, 7) is 6.95. The van der Waals surface area contributed by atoms with E-state index in [4.69, 9.17) is 9.47 Å². The number of halogens is 1. The molecule has 0 heterocycles. The van der Waals surface area contributed by atoms with Gasteiger partial charge in [0, 0.05) is 3.57 Å². The molecule has 1 amide bonds. The molecule has 6 heteroatoms. The van der Waals surface area contributed by atoms with Gasteiger partial charge in [-0.3, -0.25) is 4.79 Å². The van der Waals surface area contributed by atoms with Crippen LogP contribution in [-0.2, 0) is 17.8 Å². The van der Waals surface area contributed by atoms with Crippen molar-refractivity contribution in [1.82, 2.24) is 5.43 Å². The molecule has 0 fully saturated rings. The van der Waals surface area contributed by atoms with Gasteiger partial charge in [0.05, 0.1) is 19.2 Å². The zero-order valence-corrected chi connectivity index (χ0v) is 20.7. The standard InChI is InChI=1S/C26H27IN2O3/c1-4-31-25-14-21(8-12-24(25)32-17-20-6-10-23(27)11-7-20)16-28-29-26(30)15-22-9-5-18(2)13-19(22)3/h5-14,16H,4,15,17H2,1-3H3,(H,29,30)/b28-16-. The minimum absolute atomic E-state index is 0.157. The van der Waals surface area contributed by atoms with Crippen molar-refractivity contribution < 1.29 is 14.3 Å². The molecule has 0 aliphatic rings. The van der Waals surface area contributed by atoms with Gasteiger partial charge in [0.1, 0.15) is 6.61 Å². The van der Waals surface area contributed by atoms with E-state index in [0.29, 0.717) is 31.1 Å². The van der Waals surface area contributed by atoms with Crippen molar-refractivity contribution in [2.24, 2.45) is 5.10 Å². The highest BCUT2D eigenvalue weighted by Crippen LogP contribution is 2.29. The number of carbonyl (C=O) groups is 1. The Morgan fingerprint density at radius 3 is 2.50 bits per heavy atom. The third-order valence-corrected chi connectivity index (χ3v) is 5.55. The molecule has 0 atom stereocenters. The number of rotatable bonds is 9. The van der Waals surface area contributed by atoms with Gasteiger partial charge in [0.15, 0.2) is 11.5 Å². The van der Waals surface area contributed by atoms with Gasteiger partial charge in [0.25, 0.3) is 0 Å². The lowest BCUT2D eigenvalue weighted by Gasteiger charge is -2.12. The molecule has 3 aromatic rings. The van der Waals surface area contributed by atoms with Gasteiger partial charge in [-0.05, 0) is 95.9 Å². The van der Waals surface area contributed by atoms with Crippen molar-refractivity contribution in [2.45, 2.75) is 33.8 Å². The average molecular weight is 542 g/mol. The highest BCUT2D eigenvalue weighted by molar-refractivity contribution is 14.1. The molecule has 32 heavy (non-hydrogen) atoms. The molecule has 0 saturated carbocycles. The molecular weight excluding hydrogens is 515 g/mol. The van der Waals surface area contributed by atoms with Crippen LogP contribution >= 0.6 is 22.6 Å². The van der Waals surface area contributed by atoms with E-state index in [2.05, 4.69) is 51.3 Å². The van der Waals surface area contributed by atoms with Crippen LogP contribution in [0.15, 0.2) is 65.8 Å². The predicted molar refractivity (Wildman–Crippen MR) is 136 cm³/mol. The number of hydrazone groups is 1. The predicted octanol–water partition coefficient (Wildman–Crippen LogP) is 5.58. The lowest BCUT2D eigenvalue weighted by Crippen LogP contribution is -2.20. The minimum Gasteiger partial charge on any atom is -0.490 e. The number of hydrogen-bond donors (Lipinski definition) is 1. The van der Waals surface area contributed by atoms with Crippen LogP contribution in [0.4, 0.5) is 0 Å². The second-order valence-corrected chi connectivity index (χ2v) is 8.70. The van der Waals surface area contributed by atoms with Crippen LogP contribution in [0.1, 0.15) is 34.7 Å². The summed E-state index contributed by atoms with van der Waals surface area (Å²) < 4.78 is 12.9. The number of benzene rings is 3. The Bertz CT molecular complexity index is 1090. The van der Waals surface area contributed by atoms with Crippen molar-refractivity contribution in [2.75, 3.05) is 6.61 Å². The van der Waals surface area contributed by atoms with Crippen LogP contribution in [-0.4, -0.2) is 18.7 Å². The van der Waals surface area contributed by atoms with E-state index >= 15 is 0 Å². The zero-order valence-electron chi connectivity index (χ0n) is 18.5. The smallest absolute Gasteiger partial charge is 0.244 e. The number of nitrogens with one attached hydrogen (secondary N) is 1. The van der Waals surface area contributed by atoms with Gasteiger partial charge >= 0.3 is 0 Å². The maximum Gasteiger partial charge on any atom is 0.244 e. The monoisotopic (exact) mass is 542 g/mol. The number of ether oxygens (including phenoxy) is 2. The van der Waals surface area contributed by atoms with E-state index in [9.17, 15) is 4.79 Å². The molecule has 0 aromatic heterocycles. The number of amides is 1. The molecule has 166 valence electrons. The largest absolute Gasteiger partial charge is 0.490 e. The van der Waals surface area contributed by atoms with Gasteiger partial charge < -0.3 is 9.47 Å². The van der Waals surface area contributed by atoms with E-state index < -0.39 is 0 Å². The summed E-state index contributed by atoms with van der Waals surface area (Å²) in [5.41, 5.74) is 7.77. The molecule has 0 aliphatic carbocycles. The Morgan fingerprint density at radius 2 is 1.78 bits per heavy atom. The molecule has 0 aliphatic heterocycles. The van der Waals surface area contributed by atoms with Crippen LogP contribution in [0, 0.1) is 17.4 Å². The molecule has 0 bridgehead atoms. The van der Waals surface area contributed by atoms with Gasteiger partial charge in [0.2, 0.25) is 5.91 Å². The molecule has 0 saturated heterocycles. The highest BCUT2D eigenvalue weighted by atomic mass is 127. The van der Waals surface area contributed by atoms with Crippen molar-refractivity contribution in [3.63, 3.8) is 0 Å². The summed E-state index contributed by atoms with van der Waals surface area (Å²) in [5.74, 6) is 1.15. The van der Waals surface area contributed by atoms with Gasteiger partial charge in [-0.1, -0.05) is 35.9 Å². The molecule has 0 radical (unpaired) electrons. The summed E-state index contributed by atoms with van der Waals surface area (Å²) in [5, 5.41) is 4.10. The molecule has 3 aromatic carbocycles. The normalized spacial score (nSPS) is 10.9. The SMILES string of the molecule is CCOc1cc(/C=N\NC(=O)Cc2ccc(C)cc2C)ccc1OCc1ccc(I)cc1. The number of carbonyl (C=O) groups excluding carboxylic acids is 1. The summed E-state index contributed by atoms with van der Waals surface area (Å²) in [7, 11) is 0. The lowest BCUT2D eigenvalue weighted by atomic mass is 10.0. The van der Waals surface area contributed by atoms with Crippen molar-refractivity contribution in [3.8, 4) is 11.5 Å². The Labute approximate surface area is 203 Å². The first kappa shape index (κ1) is 23.8. The molecule has 0 spiro atoms. The third-order valence-electron chi connectivity index (χ3n) is 4.83. The Kier molecular flexibility index (Phi) is 8.67. The Hall–Kier alpha value is -2.87. The first-order valence-electron chi connectivity index (χ1n) is 10.5. The molecule has 0 unspecified atom stereocenters. The quantitative estimate of drug-likeness (QED) is 0.218. The maximum absolute atomic E-state index is 12.2. The molecule has 3 rings (SSSR count). The summed E-state index contributed by atoms with van der Waals surface area (Å²) >= 11 is 2.28. The molecular formula is C26H27IN2O3. The van der Waals surface area contributed by atoms with Crippen LogP contribution < -0.4 is 14.9 Å². The maximum atomic E-state index is 12.2. The lowest BCUT2D eigenvalue weighted by molar-refractivity contribution is -0.120. The average Bonchev–Trinajstić information content (AvgIpc) is 2.76. The fourth-order valence-corrected chi connectivity index (χ4v) is 3.53. The number of aryl methyl sites for hydroxylation is 2.